The van der Waals surface area contributed by atoms with Gasteiger partial charge in [-0.05, 0) is 25.7 Å². The second kappa shape index (κ2) is 7.31. The zero-order chi connectivity index (χ0) is 19.8. The van der Waals surface area contributed by atoms with Gasteiger partial charge in [-0.2, -0.15) is 4.98 Å². The number of likely N-dealkylation sites (tertiary alicyclic amines) is 1. The van der Waals surface area contributed by atoms with Gasteiger partial charge in [0.1, 0.15) is 0 Å². The number of carbonyl (C=O) groups is 1. The van der Waals surface area contributed by atoms with E-state index in [9.17, 15) is 13.2 Å². The van der Waals surface area contributed by atoms with Gasteiger partial charge >= 0.3 is 0 Å². The van der Waals surface area contributed by atoms with Crippen molar-refractivity contribution in [3.63, 3.8) is 0 Å². The lowest BCUT2D eigenvalue weighted by Gasteiger charge is -2.36. The Labute approximate surface area is 165 Å². The minimum Gasteiger partial charge on any atom is -0.341 e. The standard InChI is InChI=1S/C20H25N3O4S/c1-28(25,26)20(11-5-6-12-20)19(24)23-13-9-16(10-14-23)18-21-17(22-27-18)15-7-3-2-4-8-15/h2-4,7-8,16H,5-6,9-14H2,1H3. The van der Waals surface area contributed by atoms with Gasteiger partial charge in [-0.15, -0.1) is 0 Å². The van der Waals surface area contributed by atoms with E-state index in [-0.39, 0.29) is 11.8 Å². The van der Waals surface area contributed by atoms with Gasteiger partial charge in [-0.3, -0.25) is 4.79 Å². The summed E-state index contributed by atoms with van der Waals surface area (Å²) in [6.07, 6.45) is 5.05. The summed E-state index contributed by atoms with van der Waals surface area (Å²) in [5.74, 6) is 1.02. The number of hydrogen-bond donors (Lipinski definition) is 0. The van der Waals surface area contributed by atoms with Crippen LogP contribution in [0.4, 0.5) is 0 Å². The van der Waals surface area contributed by atoms with Crippen molar-refractivity contribution < 1.29 is 17.7 Å². The molecule has 1 aliphatic carbocycles. The Morgan fingerprint density at radius 3 is 2.39 bits per heavy atom. The molecule has 0 unspecified atom stereocenters. The topological polar surface area (TPSA) is 93.4 Å². The predicted octanol–water partition coefficient (Wildman–Crippen LogP) is 2.80. The van der Waals surface area contributed by atoms with E-state index in [1.54, 1.807) is 4.90 Å². The Morgan fingerprint density at radius 2 is 1.79 bits per heavy atom. The highest BCUT2D eigenvalue weighted by Crippen LogP contribution is 2.39. The third-order valence-electron chi connectivity index (χ3n) is 6.12. The average molecular weight is 404 g/mol. The van der Waals surface area contributed by atoms with E-state index in [4.69, 9.17) is 4.52 Å². The van der Waals surface area contributed by atoms with Crippen LogP contribution in [-0.2, 0) is 14.6 Å². The number of benzene rings is 1. The van der Waals surface area contributed by atoms with E-state index >= 15 is 0 Å². The van der Waals surface area contributed by atoms with Gasteiger partial charge < -0.3 is 9.42 Å². The first kappa shape index (κ1) is 19.1. The highest BCUT2D eigenvalue weighted by molar-refractivity contribution is 7.92. The van der Waals surface area contributed by atoms with E-state index in [0.29, 0.717) is 50.5 Å². The molecule has 0 bridgehead atoms. The lowest BCUT2D eigenvalue weighted by Crippen LogP contribution is -2.53. The molecule has 1 saturated carbocycles. The van der Waals surface area contributed by atoms with Crippen LogP contribution >= 0.6 is 0 Å². The van der Waals surface area contributed by atoms with Crippen LogP contribution in [0, 0.1) is 0 Å². The van der Waals surface area contributed by atoms with Crippen molar-refractivity contribution in [2.45, 2.75) is 49.2 Å². The van der Waals surface area contributed by atoms with Gasteiger partial charge in [0.05, 0.1) is 0 Å². The first-order valence-corrected chi connectivity index (χ1v) is 11.7. The lowest BCUT2D eigenvalue weighted by atomic mass is 9.95. The molecule has 7 nitrogen and oxygen atoms in total. The molecule has 1 aromatic heterocycles. The summed E-state index contributed by atoms with van der Waals surface area (Å²) in [6, 6.07) is 9.65. The van der Waals surface area contributed by atoms with Crippen LogP contribution < -0.4 is 0 Å². The molecule has 150 valence electrons. The number of carbonyl (C=O) groups excluding carboxylic acids is 1. The number of rotatable bonds is 4. The maximum Gasteiger partial charge on any atom is 0.244 e. The molecule has 0 spiro atoms. The fraction of sp³-hybridized carbons (Fsp3) is 0.550. The summed E-state index contributed by atoms with van der Waals surface area (Å²) in [7, 11) is -3.44. The SMILES string of the molecule is CS(=O)(=O)C1(C(=O)N2CCC(c3nc(-c4ccccc4)no3)CC2)CCCC1. The molecule has 0 radical (unpaired) electrons. The van der Waals surface area contributed by atoms with Crippen LogP contribution in [0.3, 0.4) is 0 Å². The Hall–Kier alpha value is -2.22. The number of amides is 1. The Kier molecular flexibility index (Phi) is 4.99. The van der Waals surface area contributed by atoms with Gasteiger partial charge in [0.15, 0.2) is 14.6 Å². The Bertz CT molecular complexity index is 941. The number of nitrogens with zero attached hydrogens (tertiary/aromatic N) is 3. The number of piperidine rings is 1. The van der Waals surface area contributed by atoms with E-state index in [1.165, 1.54) is 6.26 Å². The summed E-state index contributed by atoms with van der Waals surface area (Å²) >= 11 is 0. The zero-order valence-electron chi connectivity index (χ0n) is 16.0. The van der Waals surface area contributed by atoms with Crippen LogP contribution in [0.1, 0.15) is 50.3 Å². The van der Waals surface area contributed by atoms with Crippen LogP contribution in [0.5, 0.6) is 0 Å². The molecular formula is C20H25N3O4S. The van der Waals surface area contributed by atoms with Crippen molar-refractivity contribution in [3.8, 4) is 11.4 Å². The van der Waals surface area contributed by atoms with Crippen molar-refractivity contribution in [1.82, 2.24) is 15.0 Å². The highest BCUT2D eigenvalue weighted by Gasteiger charge is 2.52. The van der Waals surface area contributed by atoms with E-state index in [1.807, 2.05) is 30.3 Å². The molecule has 2 heterocycles. The van der Waals surface area contributed by atoms with E-state index < -0.39 is 14.6 Å². The molecule has 1 aliphatic heterocycles. The van der Waals surface area contributed by atoms with Crippen LogP contribution in [0.25, 0.3) is 11.4 Å². The van der Waals surface area contributed by atoms with E-state index in [0.717, 1.165) is 18.4 Å². The molecule has 2 aromatic rings. The summed E-state index contributed by atoms with van der Waals surface area (Å²) in [5.41, 5.74) is 0.904. The minimum absolute atomic E-state index is 0.0896. The summed E-state index contributed by atoms with van der Waals surface area (Å²) in [6.45, 7) is 1.04. The number of sulfone groups is 1. The van der Waals surface area contributed by atoms with Gasteiger partial charge in [-0.25, -0.2) is 8.42 Å². The van der Waals surface area contributed by atoms with Gasteiger partial charge in [-0.1, -0.05) is 48.3 Å². The minimum atomic E-state index is -3.44. The highest BCUT2D eigenvalue weighted by atomic mass is 32.2. The summed E-state index contributed by atoms with van der Waals surface area (Å²) in [5, 5.41) is 4.08. The Morgan fingerprint density at radius 1 is 1.14 bits per heavy atom. The average Bonchev–Trinajstić information content (AvgIpc) is 3.38. The number of aromatic nitrogens is 2. The molecule has 2 fully saturated rings. The third kappa shape index (κ3) is 3.34. The van der Waals surface area contributed by atoms with Gasteiger partial charge in [0.2, 0.25) is 17.6 Å². The van der Waals surface area contributed by atoms with Crippen molar-refractivity contribution in [3.05, 3.63) is 36.2 Å². The first-order chi connectivity index (χ1) is 13.4. The van der Waals surface area contributed by atoms with Gasteiger partial charge in [0.25, 0.3) is 0 Å². The van der Waals surface area contributed by atoms with Crippen LogP contribution in [0.15, 0.2) is 34.9 Å². The smallest absolute Gasteiger partial charge is 0.244 e. The molecule has 4 rings (SSSR count). The molecule has 0 atom stereocenters. The number of hydrogen-bond acceptors (Lipinski definition) is 6. The fourth-order valence-electron chi connectivity index (χ4n) is 4.41. The monoisotopic (exact) mass is 403 g/mol. The maximum absolute atomic E-state index is 13.1. The first-order valence-electron chi connectivity index (χ1n) is 9.79. The molecule has 1 amide bonds. The largest absolute Gasteiger partial charge is 0.341 e. The second-order valence-corrected chi connectivity index (χ2v) is 10.2. The van der Waals surface area contributed by atoms with Gasteiger partial charge in [0, 0.05) is 30.8 Å². The quantitative estimate of drug-likeness (QED) is 0.779. The molecule has 1 saturated heterocycles. The van der Waals surface area contributed by atoms with Crippen molar-refractivity contribution >= 4 is 15.7 Å². The molecule has 8 heteroatoms. The molecular weight excluding hydrogens is 378 g/mol. The second-order valence-electron chi connectivity index (χ2n) is 7.86. The fourth-order valence-corrected chi connectivity index (χ4v) is 5.89. The summed E-state index contributed by atoms with van der Waals surface area (Å²) in [4.78, 5) is 19.3. The van der Waals surface area contributed by atoms with Crippen LogP contribution in [0.2, 0.25) is 0 Å². The van der Waals surface area contributed by atoms with E-state index in [2.05, 4.69) is 10.1 Å². The molecule has 1 aromatic carbocycles. The molecule has 2 aliphatic rings. The normalized spacial score (nSPS) is 20.4. The predicted molar refractivity (Wildman–Crippen MR) is 104 cm³/mol. The van der Waals surface area contributed by atoms with Crippen molar-refractivity contribution in [2.75, 3.05) is 19.3 Å². The Balaban J connectivity index is 1.44. The zero-order valence-corrected chi connectivity index (χ0v) is 16.8. The lowest BCUT2D eigenvalue weighted by molar-refractivity contribution is -0.135. The van der Waals surface area contributed by atoms with Crippen LogP contribution in [-0.4, -0.2) is 53.5 Å². The van der Waals surface area contributed by atoms with Crippen molar-refractivity contribution in [1.29, 1.82) is 0 Å². The molecule has 28 heavy (non-hydrogen) atoms. The third-order valence-corrected chi connectivity index (χ3v) is 8.12. The molecule has 0 N–H and O–H groups in total. The van der Waals surface area contributed by atoms with Crippen molar-refractivity contribution in [2.24, 2.45) is 0 Å². The maximum atomic E-state index is 13.1. The summed E-state index contributed by atoms with van der Waals surface area (Å²) < 4.78 is 29.0.